The predicted octanol–water partition coefficient (Wildman–Crippen LogP) is 4.02. The summed E-state index contributed by atoms with van der Waals surface area (Å²) in [5.41, 5.74) is 0. The molecule has 2 atom stereocenters. The van der Waals surface area contributed by atoms with Gasteiger partial charge in [-0.25, -0.2) is 0 Å². The summed E-state index contributed by atoms with van der Waals surface area (Å²) in [5, 5.41) is 0. The maximum Gasteiger partial charge on any atom is -0.0262 e. The van der Waals surface area contributed by atoms with Gasteiger partial charge in [-0.1, -0.05) is 46.1 Å². The molecular weight excluding hydrogens is 132 g/mol. The van der Waals surface area contributed by atoms with Crippen LogP contribution in [0.5, 0.6) is 0 Å². The summed E-state index contributed by atoms with van der Waals surface area (Å²) in [6.07, 6.45) is 7.43. The monoisotopic (exact) mass is 154 g/mol. The van der Waals surface area contributed by atoms with Gasteiger partial charge in [0.1, 0.15) is 0 Å². The summed E-state index contributed by atoms with van der Waals surface area (Å²) in [6, 6.07) is 0. The van der Waals surface area contributed by atoms with Crippen LogP contribution in [0.4, 0.5) is 0 Å². The normalized spacial score (nSPS) is 15.9. The molecule has 0 aromatic heterocycles. The molecule has 0 rings (SSSR count). The van der Waals surface area contributed by atoms with E-state index in [1.165, 1.54) is 25.7 Å². The minimum absolute atomic E-state index is 0.700. The first-order valence-corrected chi connectivity index (χ1v) is 4.87. The van der Waals surface area contributed by atoms with Crippen LogP contribution in [0.25, 0.3) is 0 Å². The summed E-state index contributed by atoms with van der Waals surface area (Å²) in [7, 11) is 0. The zero-order valence-corrected chi connectivity index (χ0v) is 8.27. The molecule has 0 fully saturated rings. The van der Waals surface area contributed by atoms with Crippen LogP contribution in [0.15, 0.2) is 12.7 Å². The molecule has 0 amide bonds. The largest absolute Gasteiger partial charge is 0.103 e. The molecule has 0 saturated heterocycles. The van der Waals surface area contributed by atoms with E-state index in [0.717, 1.165) is 5.92 Å². The maximum absolute atomic E-state index is 3.81. The van der Waals surface area contributed by atoms with Crippen LogP contribution in [0.3, 0.4) is 0 Å². The molecule has 0 radical (unpaired) electrons. The Hall–Kier alpha value is -0.260. The Kier molecular flexibility index (Phi) is 6.30. The summed E-state index contributed by atoms with van der Waals surface area (Å²) in [4.78, 5) is 0. The standard InChI is InChI=1S/C11H22/c1-5-8-11(7-3)9-10(4)6-2/h6,10-11H,2,5,7-9H2,1,3-4H3. The van der Waals surface area contributed by atoms with E-state index < -0.39 is 0 Å². The average molecular weight is 154 g/mol. The lowest BCUT2D eigenvalue weighted by Gasteiger charge is -2.16. The SMILES string of the molecule is C=CC(C)CC(CC)CCC. The van der Waals surface area contributed by atoms with Crippen LogP contribution in [-0.2, 0) is 0 Å². The van der Waals surface area contributed by atoms with Crippen molar-refractivity contribution >= 4 is 0 Å². The van der Waals surface area contributed by atoms with Gasteiger partial charge in [-0.15, -0.1) is 6.58 Å². The smallest absolute Gasteiger partial charge is 0.0262 e. The van der Waals surface area contributed by atoms with E-state index in [1.807, 2.05) is 0 Å². The molecule has 0 saturated carbocycles. The topological polar surface area (TPSA) is 0 Å². The van der Waals surface area contributed by atoms with E-state index in [-0.39, 0.29) is 0 Å². The quantitative estimate of drug-likeness (QED) is 0.507. The lowest BCUT2D eigenvalue weighted by molar-refractivity contribution is 0.391. The number of hydrogen-bond donors (Lipinski definition) is 0. The van der Waals surface area contributed by atoms with Gasteiger partial charge in [-0.05, 0) is 18.3 Å². The molecule has 0 spiro atoms. The van der Waals surface area contributed by atoms with E-state index >= 15 is 0 Å². The van der Waals surface area contributed by atoms with E-state index in [4.69, 9.17) is 0 Å². The molecule has 0 heterocycles. The fraction of sp³-hybridized carbons (Fsp3) is 0.818. The first-order chi connectivity index (χ1) is 5.24. The molecule has 0 N–H and O–H groups in total. The van der Waals surface area contributed by atoms with E-state index in [9.17, 15) is 0 Å². The molecule has 0 bridgehead atoms. The highest BCUT2D eigenvalue weighted by Gasteiger charge is 2.07. The van der Waals surface area contributed by atoms with Crippen LogP contribution in [0.2, 0.25) is 0 Å². The van der Waals surface area contributed by atoms with Crippen LogP contribution in [-0.4, -0.2) is 0 Å². The Balaban J connectivity index is 3.57. The zero-order valence-electron chi connectivity index (χ0n) is 8.27. The fourth-order valence-electron chi connectivity index (χ4n) is 1.52. The minimum atomic E-state index is 0.700. The Morgan fingerprint density at radius 2 is 2.00 bits per heavy atom. The summed E-state index contributed by atoms with van der Waals surface area (Å²) < 4.78 is 0. The summed E-state index contributed by atoms with van der Waals surface area (Å²) >= 11 is 0. The fourth-order valence-corrected chi connectivity index (χ4v) is 1.52. The van der Waals surface area contributed by atoms with Gasteiger partial charge < -0.3 is 0 Å². The van der Waals surface area contributed by atoms with Gasteiger partial charge in [0, 0.05) is 0 Å². The molecule has 11 heavy (non-hydrogen) atoms. The summed E-state index contributed by atoms with van der Waals surface area (Å²) in [5.74, 6) is 1.62. The maximum atomic E-state index is 3.81. The highest BCUT2D eigenvalue weighted by atomic mass is 14.1. The molecule has 0 nitrogen and oxygen atoms in total. The lowest BCUT2D eigenvalue weighted by atomic mass is 9.90. The first kappa shape index (κ1) is 10.7. The van der Waals surface area contributed by atoms with E-state index in [2.05, 4.69) is 33.4 Å². The average Bonchev–Trinajstić information content (AvgIpc) is 2.03. The van der Waals surface area contributed by atoms with Gasteiger partial charge in [0.25, 0.3) is 0 Å². The van der Waals surface area contributed by atoms with Crippen molar-refractivity contribution in [1.82, 2.24) is 0 Å². The second-order valence-electron chi connectivity index (χ2n) is 3.51. The molecule has 0 aromatic carbocycles. The van der Waals surface area contributed by atoms with Crippen molar-refractivity contribution in [2.75, 3.05) is 0 Å². The van der Waals surface area contributed by atoms with Crippen molar-refractivity contribution in [2.24, 2.45) is 11.8 Å². The Morgan fingerprint density at radius 1 is 1.36 bits per heavy atom. The molecule has 0 heteroatoms. The van der Waals surface area contributed by atoms with Crippen molar-refractivity contribution in [2.45, 2.75) is 46.5 Å². The van der Waals surface area contributed by atoms with Crippen LogP contribution >= 0.6 is 0 Å². The van der Waals surface area contributed by atoms with Crippen molar-refractivity contribution in [3.05, 3.63) is 12.7 Å². The molecular formula is C11H22. The van der Waals surface area contributed by atoms with E-state index in [0.29, 0.717) is 5.92 Å². The van der Waals surface area contributed by atoms with E-state index in [1.54, 1.807) is 0 Å². The van der Waals surface area contributed by atoms with Gasteiger partial charge in [-0.3, -0.25) is 0 Å². The highest BCUT2D eigenvalue weighted by molar-refractivity contribution is 4.77. The van der Waals surface area contributed by atoms with Crippen LogP contribution < -0.4 is 0 Å². The number of allylic oxidation sites excluding steroid dienone is 1. The Morgan fingerprint density at radius 3 is 2.36 bits per heavy atom. The molecule has 0 aliphatic rings. The third-order valence-corrected chi connectivity index (χ3v) is 2.38. The highest BCUT2D eigenvalue weighted by Crippen LogP contribution is 2.20. The molecule has 0 aliphatic carbocycles. The number of rotatable bonds is 6. The molecule has 2 unspecified atom stereocenters. The van der Waals surface area contributed by atoms with Gasteiger partial charge in [0.2, 0.25) is 0 Å². The Labute approximate surface area is 71.7 Å². The molecule has 0 aromatic rings. The second-order valence-corrected chi connectivity index (χ2v) is 3.51. The lowest BCUT2D eigenvalue weighted by Crippen LogP contribution is -2.03. The zero-order chi connectivity index (χ0) is 8.69. The Bertz CT molecular complexity index is 94.2. The predicted molar refractivity (Wildman–Crippen MR) is 52.7 cm³/mol. The number of hydrogen-bond acceptors (Lipinski definition) is 0. The molecule has 0 aliphatic heterocycles. The van der Waals surface area contributed by atoms with Crippen molar-refractivity contribution < 1.29 is 0 Å². The third-order valence-electron chi connectivity index (χ3n) is 2.38. The van der Waals surface area contributed by atoms with Crippen molar-refractivity contribution in [3.63, 3.8) is 0 Å². The second kappa shape index (κ2) is 6.45. The van der Waals surface area contributed by atoms with Crippen LogP contribution in [0, 0.1) is 11.8 Å². The molecule has 66 valence electrons. The van der Waals surface area contributed by atoms with Crippen LogP contribution in [0.1, 0.15) is 46.5 Å². The summed E-state index contributed by atoms with van der Waals surface area (Å²) in [6.45, 7) is 10.6. The third kappa shape index (κ3) is 5.06. The van der Waals surface area contributed by atoms with Gasteiger partial charge in [0.15, 0.2) is 0 Å². The first-order valence-electron chi connectivity index (χ1n) is 4.87. The van der Waals surface area contributed by atoms with Gasteiger partial charge in [0.05, 0.1) is 0 Å². The minimum Gasteiger partial charge on any atom is -0.103 e. The van der Waals surface area contributed by atoms with Crippen molar-refractivity contribution in [3.8, 4) is 0 Å². The van der Waals surface area contributed by atoms with Crippen molar-refractivity contribution in [1.29, 1.82) is 0 Å². The van der Waals surface area contributed by atoms with Gasteiger partial charge in [-0.2, -0.15) is 0 Å². The van der Waals surface area contributed by atoms with Gasteiger partial charge >= 0.3 is 0 Å².